The fourth-order valence-electron chi connectivity index (χ4n) is 4.17. The minimum atomic E-state index is -0.367. The molecule has 4 aromatic rings. The number of hydrogen-bond donors (Lipinski definition) is 2. The van der Waals surface area contributed by atoms with E-state index < -0.39 is 0 Å². The number of hydrogen-bond acceptors (Lipinski definition) is 8. The number of carbonyl (C=O) groups is 1. The normalized spacial score (nSPS) is 15.0. The molecule has 11 heteroatoms. The Kier molecular flexibility index (Phi) is 6.93. The van der Waals surface area contributed by atoms with Crippen molar-refractivity contribution < 1.29 is 14.3 Å². The van der Waals surface area contributed by atoms with Crippen LogP contribution in [0.1, 0.15) is 30.7 Å². The third kappa shape index (κ3) is 4.28. The van der Waals surface area contributed by atoms with Crippen LogP contribution in [-0.4, -0.2) is 56.4 Å². The molecule has 0 bridgehead atoms. The van der Waals surface area contributed by atoms with Gasteiger partial charge in [0.15, 0.2) is 5.65 Å². The van der Waals surface area contributed by atoms with Gasteiger partial charge in [0.05, 0.1) is 10.8 Å². The molecule has 0 spiro atoms. The van der Waals surface area contributed by atoms with E-state index in [1.54, 1.807) is 4.68 Å². The van der Waals surface area contributed by atoms with Crippen molar-refractivity contribution in [2.45, 2.75) is 19.4 Å². The monoisotopic (exact) mass is 574 g/mol. The third-order valence-corrected chi connectivity index (χ3v) is 6.58. The van der Waals surface area contributed by atoms with E-state index in [0.29, 0.717) is 31.7 Å². The van der Waals surface area contributed by atoms with Gasteiger partial charge in [0.25, 0.3) is 6.47 Å². The zero-order valence-electron chi connectivity index (χ0n) is 18.6. The lowest BCUT2D eigenvalue weighted by Crippen LogP contribution is -2.24. The van der Waals surface area contributed by atoms with E-state index in [1.807, 2.05) is 31.2 Å². The maximum Gasteiger partial charge on any atom is 0.343 e. The van der Waals surface area contributed by atoms with Gasteiger partial charge in [-0.3, -0.25) is 4.79 Å². The lowest BCUT2D eigenvalue weighted by atomic mass is 9.92. The summed E-state index contributed by atoms with van der Waals surface area (Å²) >= 11 is 2.13. The summed E-state index contributed by atoms with van der Waals surface area (Å²) in [6.07, 6.45) is 4.52. The van der Waals surface area contributed by atoms with Crippen molar-refractivity contribution in [2.24, 2.45) is 0 Å². The highest BCUT2D eigenvalue weighted by Gasteiger charge is 2.27. The van der Waals surface area contributed by atoms with Crippen LogP contribution in [0.25, 0.3) is 27.4 Å². The van der Waals surface area contributed by atoms with Crippen molar-refractivity contribution >= 4 is 62.3 Å². The Balaban J connectivity index is 0.000000868. The molecule has 0 aliphatic carbocycles. The molecule has 1 aliphatic heterocycles. The Bertz CT molecular complexity index is 1460. The Morgan fingerprint density at radius 3 is 2.65 bits per heavy atom. The first kappa shape index (κ1) is 23.8. The third-order valence-electron chi connectivity index (χ3n) is 5.82. The van der Waals surface area contributed by atoms with Gasteiger partial charge in [-0.1, -0.05) is 24.3 Å². The summed E-state index contributed by atoms with van der Waals surface area (Å²) in [5, 5.41) is 13.7. The molecule has 10 nitrogen and oxygen atoms in total. The highest BCUT2D eigenvalue weighted by molar-refractivity contribution is 14.1. The smallest absolute Gasteiger partial charge is 0.343 e. The molecule has 176 valence electrons. The molecule has 3 N–H and O–H groups in total. The number of nitrogens with two attached hydrogens (primary N) is 1. The molecular formula is C23H23IN6O4. The molecule has 0 amide bonds. The van der Waals surface area contributed by atoms with Gasteiger partial charge in [0.1, 0.15) is 27.6 Å². The van der Waals surface area contributed by atoms with Crippen molar-refractivity contribution in [3.05, 3.63) is 62.1 Å². The van der Waals surface area contributed by atoms with Gasteiger partial charge in [-0.15, -0.1) is 0 Å². The number of anilines is 1. The maximum absolute atomic E-state index is 12.9. The number of fused-ring (bicyclic) bond motifs is 2. The van der Waals surface area contributed by atoms with Crippen LogP contribution in [0.5, 0.6) is 0 Å². The Morgan fingerprint density at radius 2 is 1.97 bits per heavy atom. The van der Waals surface area contributed by atoms with Gasteiger partial charge < -0.3 is 20.2 Å². The number of likely N-dealkylation sites (N-methyl/N-ethyl adjacent to an activating group) is 1. The van der Waals surface area contributed by atoms with E-state index in [9.17, 15) is 4.79 Å². The summed E-state index contributed by atoms with van der Waals surface area (Å²) in [6.45, 7) is 3.51. The predicted octanol–water partition coefficient (Wildman–Crippen LogP) is 3.15. The summed E-state index contributed by atoms with van der Waals surface area (Å²) < 4.78 is 8.43. The minimum Gasteiger partial charge on any atom is -0.483 e. The molecule has 0 saturated heterocycles. The molecule has 34 heavy (non-hydrogen) atoms. The van der Waals surface area contributed by atoms with Gasteiger partial charge in [-0.05, 0) is 60.0 Å². The Labute approximate surface area is 208 Å². The van der Waals surface area contributed by atoms with Gasteiger partial charge in [0, 0.05) is 18.7 Å². The molecule has 0 fully saturated rings. The molecule has 1 unspecified atom stereocenters. The summed E-state index contributed by atoms with van der Waals surface area (Å²) in [4.78, 5) is 32.0. The lowest BCUT2D eigenvalue weighted by Gasteiger charge is -2.25. The highest BCUT2D eigenvalue weighted by atomic mass is 127. The van der Waals surface area contributed by atoms with Gasteiger partial charge in [-0.25, -0.2) is 19.4 Å². The number of benzene rings is 1. The second-order valence-corrected chi connectivity index (χ2v) is 8.91. The Hall–Kier alpha value is -3.32. The van der Waals surface area contributed by atoms with E-state index in [2.05, 4.69) is 55.7 Å². The zero-order valence-corrected chi connectivity index (χ0v) is 20.8. The number of halogens is 1. The second-order valence-electron chi connectivity index (χ2n) is 7.89. The highest BCUT2D eigenvalue weighted by Crippen LogP contribution is 2.36. The predicted molar refractivity (Wildman–Crippen MR) is 138 cm³/mol. The molecule has 0 saturated carbocycles. The maximum atomic E-state index is 12.9. The van der Waals surface area contributed by atoms with Crippen LogP contribution < -0.4 is 11.4 Å². The van der Waals surface area contributed by atoms with Crippen LogP contribution in [0.2, 0.25) is 0 Å². The average molecular weight is 574 g/mol. The topological polar surface area (TPSA) is 140 Å². The van der Waals surface area contributed by atoms with Gasteiger partial charge >= 0.3 is 5.63 Å². The van der Waals surface area contributed by atoms with Crippen LogP contribution in [0.15, 0.2) is 45.9 Å². The lowest BCUT2D eigenvalue weighted by molar-refractivity contribution is -0.122. The number of carboxylic acid groups (broad SMARTS) is 1. The standard InChI is InChI=1S/C22H21IN6O2.CH2O2/c1-12(29-21-17(19(23)27-29)20(24)25-11-26-21)18-16(13-7-9-28(2)10-8-13)14-5-3-4-6-15(14)22(30)31-18;2-1-3/h3-7,11-12H,8-10H2,1-2H3,(H2,24,25,26);1H,(H,2,3). The molecule has 1 atom stereocenters. The van der Waals surface area contributed by atoms with E-state index in [0.717, 1.165) is 30.5 Å². The van der Waals surface area contributed by atoms with E-state index >= 15 is 0 Å². The van der Waals surface area contributed by atoms with Gasteiger partial charge in [0.2, 0.25) is 0 Å². The summed E-state index contributed by atoms with van der Waals surface area (Å²) in [5.74, 6) is 0.962. The summed E-state index contributed by atoms with van der Waals surface area (Å²) in [7, 11) is 2.10. The van der Waals surface area contributed by atoms with Crippen molar-refractivity contribution in [1.82, 2.24) is 24.6 Å². The van der Waals surface area contributed by atoms with E-state index in [1.165, 1.54) is 11.9 Å². The number of nitrogen functional groups attached to an aromatic ring is 1. The first-order chi connectivity index (χ1) is 16.4. The second kappa shape index (κ2) is 9.89. The summed E-state index contributed by atoms with van der Waals surface area (Å²) in [6, 6.07) is 7.25. The quantitative estimate of drug-likeness (QED) is 0.279. The molecule has 1 aromatic carbocycles. The molecule has 5 rings (SSSR count). The van der Waals surface area contributed by atoms with Crippen molar-refractivity contribution in [1.29, 1.82) is 0 Å². The number of aromatic nitrogens is 4. The number of rotatable bonds is 3. The van der Waals surface area contributed by atoms with E-state index in [-0.39, 0.29) is 18.1 Å². The minimum absolute atomic E-state index is 0.250. The molecule has 3 aromatic heterocycles. The van der Waals surface area contributed by atoms with Crippen molar-refractivity contribution in [2.75, 3.05) is 25.9 Å². The number of nitrogens with zero attached hydrogens (tertiary/aromatic N) is 5. The van der Waals surface area contributed by atoms with Crippen LogP contribution in [0.3, 0.4) is 0 Å². The van der Waals surface area contributed by atoms with Crippen LogP contribution in [-0.2, 0) is 4.79 Å². The molecule has 1 aliphatic rings. The fourth-order valence-corrected chi connectivity index (χ4v) is 4.92. The first-order valence-corrected chi connectivity index (χ1v) is 11.6. The van der Waals surface area contributed by atoms with Crippen molar-refractivity contribution in [3.8, 4) is 0 Å². The van der Waals surface area contributed by atoms with Gasteiger partial charge in [-0.2, -0.15) is 5.10 Å². The zero-order chi connectivity index (χ0) is 24.4. The SMILES string of the molecule is CC(c1oc(=O)c2ccccc2c1C1=CCN(C)CC1)n1nc(I)c2c(N)ncnc21.O=CO. The fraction of sp³-hybridized carbons (Fsp3) is 0.261. The summed E-state index contributed by atoms with van der Waals surface area (Å²) in [5.41, 5.74) is 8.48. The average Bonchev–Trinajstić information content (AvgIpc) is 3.17. The van der Waals surface area contributed by atoms with E-state index in [4.69, 9.17) is 20.1 Å². The Morgan fingerprint density at radius 1 is 1.26 bits per heavy atom. The first-order valence-electron chi connectivity index (χ1n) is 10.5. The van der Waals surface area contributed by atoms with Crippen LogP contribution in [0, 0.1) is 3.70 Å². The van der Waals surface area contributed by atoms with Crippen LogP contribution in [0.4, 0.5) is 5.82 Å². The van der Waals surface area contributed by atoms with Crippen LogP contribution >= 0.6 is 22.6 Å². The molecule has 0 radical (unpaired) electrons. The molecular weight excluding hydrogens is 551 g/mol. The molecule has 4 heterocycles. The largest absolute Gasteiger partial charge is 0.483 e. The van der Waals surface area contributed by atoms with Crippen molar-refractivity contribution in [3.63, 3.8) is 0 Å².